The molecule has 0 spiro atoms. The number of nitrogens with zero attached hydrogens (tertiary/aromatic N) is 1. The Morgan fingerprint density at radius 3 is 2.73 bits per heavy atom. The lowest BCUT2D eigenvalue weighted by Crippen LogP contribution is -2.18. The molecule has 1 aromatic heterocycles. The SMILES string of the molecule is Cc1ccccc1-n1ccc2ccc(OCCCl)cc2c1=O. The number of rotatable bonds is 4. The molecule has 0 atom stereocenters. The molecule has 0 aliphatic rings. The van der Waals surface area contributed by atoms with Gasteiger partial charge in [-0.15, -0.1) is 11.6 Å². The van der Waals surface area contributed by atoms with Crippen molar-refractivity contribution in [1.29, 1.82) is 0 Å². The van der Waals surface area contributed by atoms with Gasteiger partial charge in [0.2, 0.25) is 0 Å². The van der Waals surface area contributed by atoms with E-state index >= 15 is 0 Å². The zero-order valence-electron chi connectivity index (χ0n) is 12.3. The minimum Gasteiger partial charge on any atom is -0.492 e. The van der Waals surface area contributed by atoms with Gasteiger partial charge in [-0.05, 0) is 42.1 Å². The molecule has 1 heterocycles. The second-order valence-corrected chi connectivity index (χ2v) is 5.44. The fraction of sp³-hybridized carbons (Fsp3) is 0.167. The van der Waals surface area contributed by atoms with Crippen LogP contribution in [0.2, 0.25) is 0 Å². The van der Waals surface area contributed by atoms with Crippen molar-refractivity contribution >= 4 is 22.4 Å². The first-order valence-electron chi connectivity index (χ1n) is 7.11. The molecular weight excluding hydrogens is 298 g/mol. The van der Waals surface area contributed by atoms with Crippen LogP contribution in [0.15, 0.2) is 59.5 Å². The van der Waals surface area contributed by atoms with E-state index in [9.17, 15) is 4.79 Å². The van der Waals surface area contributed by atoms with Gasteiger partial charge in [0.1, 0.15) is 12.4 Å². The molecule has 112 valence electrons. The lowest BCUT2D eigenvalue weighted by molar-refractivity contribution is 0.343. The Labute approximate surface area is 133 Å². The maximum atomic E-state index is 12.8. The molecule has 0 bridgehead atoms. The number of fused-ring (bicyclic) bond motifs is 1. The minimum atomic E-state index is -0.0527. The summed E-state index contributed by atoms with van der Waals surface area (Å²) in [6, 6.07) is 15.3. The van der Waals surface area contributed by atoms with E-state index < -0.39 is 0 Å². The van der Waals surface area contributed by atoms with Gasteiger partial charge < -0.3 is 4.74 Å². The van der Waals surface area contributed by atoms with Gasteiger partial charge in [0.05, 0.1) is 17.0 Å². The Balaban J connectivity index is 2.16. The maximum absolute atomic E-state index is 12.8. The summed E-state index contributed by atoms with van der Waals surface area (Å²) in [5.74, 6) is 1.08. The van der Waals surface area contributed by atoms with E-state index in [2.05, 4.69) is 0 Å². The minimum absolute atomic E-state index is 0.0527. The highest BCUT2D eigenvalue weighted by Crippen LogP contribution is 2.20. The third-order valence-corrected chi connectivity index (χ3v) is 3.75. The lowest BCUT2D eigenvalue weighted by Gasteiger charge is -2.11. The van der Waals surface area contributed by atoms with Gasteiger partial charge in [0.25, 0.3) is 5.56 Å². The van der Waals surface area contributed by atoms with Gasteiger partial charge in [-0.1, -0.05) is 24.3 Å². The fourth-order valence-electron chi connectivity index (χ4n) is 2.49. The van der Waals surface area contributed by atoms with E-state index in [1.165, 1.54) is 0 Å². The first kappa shape index (κ1) is 14.7. The Morgan fingerprint density at radius 2 is 1.95 bits per heavy atom. The number of hydrogen-bond donors (Lipinski definition) is 0. The Morgan fingerprint density at radius 1 is 1.14 bits per heavy atom. The molecule has 0 radical (unpaired) electrons. The van der Waals surface area contributed by atoms with Crippen molar-refractivity contribution < 1.29 is 4.74 Å². The molecule has 3 nitrogen and oxygen atoms in total. The molecule has 3 aromatic rings. The number of pyridine rings is 1. The fourth-order valence-corrected chi connectivity index (χ4v) is 2.57. The van der Waals surface area contributed by atoms with Gasteiger partial charge in [-0.25, -0.2) is 0 Å². The van der Waals surface area contributed by atoms with Crippen molar-refractivity contribution in [2.45, 2.75) is 6.92 Å². The van der Waals surface area contributed by atoms with Crippen LogP contribution in [0, 0.1) is 6.92 Å². The zero-order chi connectivity index (χ0) is 15.5. The maximum Gasteiger partial charge on any atom is 0.263 e. The third kappa shape index (κ3) is 2.72. The first-order valence-corrected chi connectivity index (χ1v) is 7.64. The van der Waals surface area contributed by atoms with Gasteiger partial charge in [-0.2, -0.15) is 0 Å². The number of benzene rings is 2. The highest BCUT2D eigenvalue weighted by atomic mass is 35.5. The number of ether oxygens (including phenoxy) is 1. The molecule has 0 N–H and O–H groups in total. The Hall–Kier alpha value is -2.26. The van der Waals surface area contributed by atoms with Crippen LogP contribution in [0.3, 0.4) is 0 Å². The summed E-state index contributed by atoms with van der Waals surface area (Å²) >= 11 is 5.63. The largest absolute Gasteiger partial charge is 0.492 e. The van der Waals surface area contributed by atoms with E-state index in [4.69, 9.17) is 16.3 Å². The molecular formula is C18H16ClNO2. The van der Waals surface area contributed by atoms with Crippen molar-refractivity contribution in [1.82, 2.24) is 4.57 Å². The lowest BCUT2D eigenvalue weighted by atomic mass is 10.1. The topological polar surface area (TPSA) is 31.2 Å². The third-order valence-electron chi connectivity index (χ3n) is 3.60. The molecule has 3 rings (SSSR count). The van der Waals surface area contributed by atoms with Crippen molar-refractivity contribution in [2.24, 2.45) is 0 Å². The van der Waals surface area contributed by atoms with Crippen LogP contribution in [-0.4, -0.2) is 17.1 Å². The smallest absolute Gasteiger partial charge is 0.263 e. The number of halogens is 1. The number of alkyl halides is 1. The van der Waals surface area contributed by atoms with Crippen LogP contribution < -0.4 is 10.3 Å². The molecule has 0 aliphatic heterocycles. The second-order valence-electron chi connectivity index (χ2n) is 5.06. The molecule has 0 fully saturated rings. The number of aryl methyl sites for hydroxylation is 1. The van der Waals surface area contributed by atoms with Crippen LogP contribution in [0.5, 0.6) is 5.75 Å². The number of hydrogen-bond acceptors (Lipinski definition) is 2. The van der Waals surface area contributed by atoms with Crippen LogP contribution in [0.4, 0.5) is 0 Å². The Kier molecular flexibility index (Phi) is 4.16. The van der Waals surface area contributed by atoms with Gasteiger partial charge >= 0.3 is 0 Å². The quantitative estimate of drug-likeness (QED) is 0.684. The summed E-state index contributed by atoms with van der Waals surface area (Å²) in [6.07, 6.45) is 1.81. The highest BCUT2D eigenvalue weighted by molar-refractivity contribution is 6.18. The number of para-hydroxylation sites is 1. The van der Waals surface area contributed by atoms with E-state index in [1.54, 1.807) is 10.6 Å². The first-order chi connectivity index (χ1) is 10.7. The summed E-state index contributed by atoms with van der Waals surface area (Å²) in [4.78, 5) is 12.8. The van der Waals surface area contributed by atoms with E-state index in [0.717, 1.165) is 16.6 Å². The van der Waals surface area contributed by atoms with Crippen molar-refractivity contribution in [3.8, 4) is 11.4 Å². The molecule has 0 unspecified atom stereocenters. The van der Waals surface area contributed by atoms with Crippen molar-refractivity contribution in [2.75, 3.05) is 12.5 Å². The molecule has 22 heavy (non-hydrogen) atoms. The molecule has 0 saturated carbocycles. The van der Waals surface area contributed by atoms with Crippen LogP contribution in [0.25, 0.3) is 16.5 Å². The van der Waals surface area contributed by atoms with Crippen molar-refractivity contribution in [3.63, 3.8) is 0 Å². The van der Waals surface area contributed by atoms with E-state index in [1.807, 2.05) is 55.6 Å². The molecule has 2 aromatic carbocycles. The predicted molar refractivity (Wildman–Crippen MR) is 90.5 cm³/mol. The zero-order valence-corrected chi connectivity index (χ0v) is 13.0. The molecule has 0 amide bonds. The summed E-state index contributed by atoms with van der Waals surface area (Å²) in [5.41, 5.74) is 1.89. The normalized spacial score (nSPS) is 10.8. The summed E-state index contributed by atoms with van der Waals surface area (Å²) in [6.45, 7) is 2.41. The van der Waals surface area contributed by atoms with Gasteiger partial charge in [0, 0.05) is 6.20 Å². The summed E-state index contributed by atoms with van der Waals surface area (Å²) in [5, 5.41) is 1.53. The van der Waals surface area contributed by atoms with Gasteiger partial charge in [0.15, 0.2) is 0 Å². The van der Waals surface area contributed by atoms with Crippen LogP contribution >= 0.6 is 11.6 Å². The number of aromatic nitrogens is 1. The average Bonchev–Trinajstić information content (AvgIpc) is 2.54. The predicted octanol–water partition coefficient (Wildman–Crippen LogP) is 3.92. The van der Waals surface area contributed by atoms with Crippen LogP contribution in [-0.2, 0) is 0 Å². The highest BCUT2D eigenvalue weighted by Gasteiger charge is 2.07. The van der Waals surface area contributed by atoms with Crippen LogP contribution in [0.1, 0.15) is 5.56 Å². The van der Waals surface area contributed by atoms with E-state index in [-0.39, 0.29) is 5.56 Å². The standard InChI is InChI=1S/C18H16ClNO2/c1-13-4-2-3-5-17(13)20-10-8-14-6-7-15(22-11-9-19)12-16(14)18(20)21/h2-8,10,12H,9,11H2,1H3. The monoisotopic (exact) mass is 313 g/mol. The van der Waals surface area contributed by atoms with E-state index in [0.29, 0.717) is 23.6 Å². The van der Waals surface area contributed by atoms with Gasteiger partial charge in [-0.3, -0.25) is 9.36 Å². The molecule has 4 heteroatoms. The Bertz CT molecular complexity index is 870. The molecule has 0 saturated heterocycles. The average molecular weight is 314 g/mol. The summed E-state index contributed by atoms with van der Waals surface area (Å²) in [7, 11) is 0. The van der Waals surface area contributed by atoms with Crippen molar-refractivity contribution in [3.05, 3.63) is 70.6 Å². The second kappa shape index (κ2) is 6.24. The summed E-state index contributed by atoms with van der Waals surface area (Å²) < 4.78 is 7.18. The molecule has 0 aliphatic carbocycles.